The van der Waals surface area contributed by atoms with Gasteiger partial charge in [-0.15, -0.1) is 0 Å². The molecule has 1 saturated carbocycles. The molecule has 1 unspecified atom stereocenters. The smallest absolute Gasteiger partial charge is 0.0561 e. The minimum atomic E-state index is -1.03. The Labute approximate surface area is 78.8 Å². The second-order valence-electron chi connectivity index (χ2n) is 5.74. The van der Waals surface area contributed by atoms with E-state index in [1.165, 1.54) is 19.3 Å². The van der Waals surface area contributed by atoms with Crippen LogP contribution in [0.3, 0.4) is 0 Å². The molecule has 0 saturated heterocycles. The van der Waals surface area contributed by atoms with Gasteiger partial charge in [-0.1, -0.05) is 53.1 Å². The SMILES string of the molecule is CC(C)(C)[Si](C)(C)C1[CH]CCC1. The molecule has 71 valence electrons. The molecule has 0 aromatic heterocycles. The Bertz CT molecular complexity index is 147. The Morgan fingerprint density at radius 3 is 2.17 bits per heavy atom. The zero-order valence-corrected chi connectivity index (χ0v) is 10.3. The Balaban J connectivity index is 2.69. The molecule has 1 radical (unpaired) electrons. The van der Waals surface area contributed by atoms with Crippen molar-refractivity contribution in [1.29, 1.82) is 0 Å². The van der Waals surface area contributed by atoms with E-state index in [1.54, 1.807) is 0 Å². The summed E-state index contributed by atoms with van der Waals surface area (Å²) in [4.78, 5) is 0. The molecule has 0 heterocycles. The largest absolute Gasteiger partial charge is 0.0688 e. The van der Waals surface area contributed by atoms with E-state index in [4.69, 9.17) is 0 Å². The predicted octanol–water partition coefficient (Wildman–Crippen LogP) is 4.25. The van der Waals surface area contributed by atoms with Crippen molar-refractivity contribution < 1.29 is 0 Å². The first-order valence-corrected chi connectivity index (χ1v) is 8.27. The van der Waals surface area contributed by atoms with Crippen LogP contribution >= 0.6 is 0 Å². The van der Waals surface area contributed by atoms with Gasteiger partial charge in [0.05, 0.1) is 8.07 Å². The van der Waals surface area contributed by atoms with Crippen LogP contribution in [0.25, 0.3) is 0 Å². The highest BCUT2D eigenvalue weighted by Gasteiger charge is 2.42. The molecule has 0 bridgehead atoms. The van der Waals surface area contributed by atoms with E-state index in [-0.39, 0.29) is 0 Å². The van der Waals surface area contributed by atoms with Crippen LogP contribution in [0.4, 0.5) is 0 Å². The summed E-state index contributed by atoms with van der Waals surface area (Å²) < 4.78 is 0. The van der Waals surface area contributed by atoms with E-state index in [0.29, 0.717) is 5.04 Å². The lowest BCUT2D eigenvalue weighted by Crippen LogP contribution is -2.41. The maximum absolute atomic E-state index is 2.59. The van der Waals surface area contributed by atoms with E-state index < -0.39 is 8.07 Å². The third-order valence-corrected chi connectivity index (χ3v) is 10.3. The summed E-state index contributed by atoms with van der Waals surface area (Å²) in [6.07, 6.45) is 6.88. The van der Waals surface area contributed by atoms with Crippen molar-refractivity contribution in [3.8, 4) is 0 Å². The standard InChI is InChI=1S/C11H23Si/c1-11(2,3)12(4,5)10-8-6-7-9-10/h8,10H,6-7,9H2,1-5H3. The van der Waals surface area contributed by atoms with Gasteiger partial charge in [0, 0.05) is 0 Å². The molecule has 0 amide bonds. The summed E-state index contributed by atoms with van der Waals surface area (Å²) in [5.41, 5.74) is 0.984. The van der Waals surface area contributed by atoms with Crippen LogP contribution in [0.1, 0.15) is 40.0 Å². The van der Waals surface area contributed by atoms with E-state index in [0.717, 1.165) is 5.54 Å². The van der Waals surface area contributed by atoms with Gasteiger partial charge in [-0.2, -0.15) is 0 Å². The van der Waals surface area contributed by atoms with Gasteiger partial charge in [0.15, 0.2) is 0 Å². The minimum Gasteiger partial charge on any atom is -0.0688 e. The molecule has 12 heavy (non-hydrogen) atoms. The summed E-state index contributed by atoms with van der Waals surface area (Å²) in [6.45, 7) is 12.4. The fraction of sp³-hybridized carbons (Fsp3) is 0.909. The van der Waals surface area contributed by atoms with Gasteiger partial charge in [0.2, 0.25) is 0 Å². The fourth-order valence-electron chi connectivity index (χ4n) is 1.99. The average molecular weight is 183 g/mol. The number of hydrogen-bond donors (Lipinski definition) is 0. The third-order valence-electron chi connectivity index (χ3n) is 4.03. The van der Waals surface area contributed by atoms with Crippen LogP contribution in [-0.4, -0.2) is 8.07 Å². The average Bonchev–Trinajstić information content (AvgIpc) is 2.34. The topological polar surface area (TPSA) is 0 Å². The molecule has 0 aromatic carbocycles. The van der Waals surface area contributed by atoms with E-state index in [1.807, 2.05) is 0 Å². The van der Waals surface area contributed by atoms with Crippen LogP contribution in [0.15, 0.2) is 0 Å². The predicted molar refractivity (Wildman–Crippen MR) is 59.1 cm³/mol. The van der Waals surface area contributed by atoms with Gasteiger partial charge in [0.1, 0.15) is 0 Å². The maximum atomic E-state index is 2.59. The molecular weight excluding hydrogens is 160 g/mol. The monoisotopic (exact) mass is 183 g/mol. The third kappa shape index (κ3) is 1.76. The van der Waals surface area contributed by atoms with Crippen LogP contribution in [0, 0.1) is 6.42 Å². The molecule has 1 aliphatic carbocycles. The van der Waals surface area contributed by atoms with Crippen molar-refractivity contribution in [2.45, 2.75) is 63.7 Å². The van der Waals surface area contributed by atoms with Gasteiger partial charge in [-0.25, -0.2) is 0 Å². The minimum absolute atomic E-state index is 0.568. The molecule has 1 rings (SSSR count). The molecule has 1 fully saturated rings. The van der Waals surface area contributed by atoms with Gasteiger partial charge in [0.25, 0.3) is 0 Å². The summed E-state index contributed by atoms with van der Waals surface area (Å²) in [6, 6.07) is 0. The van der Waals surface area contributed by atoms with Crippen molar-refractivity contribution in [2.24, 2.45) is 0 Å². The molecule has 1 atom stereocenters. The van der Waals surface area contributed by atoms with Gasteiger partial charge in [-0.05, 0) is 17.0 Å². The van der Waals surface area contributed by atoms with Gasteiger partial charge in [-0.3, -0.25) is 0 Å². The van der Waals surface area contributed by atoms with Crippen molar-refractivity contribution >= 4 is 8.07 Å². The van der Waals surface area contributed by atoms with E-state index in [9.17, 15) is 0 Å². The highest BCUT2D eigenvalue weighted by Crippen LogP contribution is 2.49. The van der Waals surface area contributed by atoms with Crippen molar-refractivity contribution in [1.82, 2.24) is 0 Å². The molecule has 0 aromatic rings. The normalized spacial score (nSPS) is 21.8. The maximum Gasteiger partial charge on any atom is 0.0561 e. The Morgan fingerprint density at radius 2 is 1.83 bits per heavy atom. The second kappa shape index (κ2) is 3.17. The van der Waals surface area contributed by atoms with Crippen LogP contribution in [0.5, 0.6) is 0 Å². The second-order valence-corrected chi connectivity index (χ2v) is 11.4. The van der Waals surface area contributed by atoms with E-state index >= 15 is 0 Å². The van der Waals surface area contributed by atoms with Crippen LogP contribution in [0.2, 0.25) is 23.7 Å². The first kappa shape index (κ1) is 10.3. The molecule has 0 spiro atoms. The van der Waals surface area contributed by atoms with Crippen LogP contribution < -0.4 is 0 Å². The van der Waals surface area contributed by atoms with Crippen molar-refractivity contribution in [2.75, 3.05) is 0 Å². The quantitative estimate of drug-likeness (QED) is 0.533. The Kier molecular flexibility index (Phi) is 2.72. The lowest BCUT2D eigenvalue weighted by atomic mass is 10.2. The molecule has 1 heteroatoms. The fourth-order valence-corrected chi connectivity index (χ4v) is 4.78. The summed E-state index contributed by atoms with van der Waals surface area (Å²) >= 11 is 0. The molecular formula is C11H23Si. The lowest BCUT2D eigenvalue weighted by Gasteiger charge is -2.41. The van der Waals surface area contributed by atoms with Gasteiger partial charge < -0.3 is 0 Å². The summed E-state index contributed by atoms with van der Waals surface area (Å²) in [5, 5.41) is 0.568. The Hall–Kier alpha value is 0.217. The lowest BCUT2D eigenvalue weighted by molar-refractivity contribution is 0.690. The molecule has 0 nitrogen and oxygen atoms in total. The Morgan fingerprint density at radius 1 is 1.25 bits per heavy atom. The summed E-state index contributed by atoms with van der Waals surface area (Å²) in [7, 11) is -1.03. The van der Waals surface area contributed by atoms with Gasteiger partial charge >= 0.3 is 0 Å². The first-order valence-electron chi connectivity index (χ1n) is 5.19. The number of rotatable bonds is 1. The number of hydrogen-bond acceptors (Lipinski definition) is 0. The first-order chi connectivity index (χ1) is 5.36. The zero-order chi connectivity index (χ0) is 9.41. The van der Waals surface area contributed by atoms with E-state index in [2.05, 4.69) is 40.3 Å². The molecule has 1 aliphatic rings. The van der Waals surface area contributed by atoms with Crippen molar-refractivity contribution in [3.63, 3.8) is 0 Å². The zero-order valence-electron chi connectivity index (χ0n) is 9.28. The molecule has 0 aliphatic heterocycles. The molecule has 0 N–H and O–H groups in total. The summed E-state index contributed by atoms with van der Waals surface area (Å²) in [5.74, 6) is 0. The highest BCUT2D eigenvalue weighted by atomic mass is 28.3. The highest BCUT2D eigenvalue weighted by molar-refractivity contribution is 6.81. The van der Waals surface area contributed by atoms with Crippen molar-refractivity contribution in [3.05, 3.63) is 6.42 Å². The van der Waals surface area contributed by atoms with Crippen LogP contribution in [-0.2, 0) is 0 Å².